The monoisotopic (exact) mass is 271 g/mol. The number of nitrogens with two attached hydrogens (primary N) is 1. The van der Waals surface area contributed by atoms with E-state index in [1.807, 2.05) is 43.3 Å². The molecule has 0 fully saturated rings. The molecule has 0 spiro atoms. The molecule has 1 aromatic carbocycles. The lowest BCUT2D eigenvalue weighted by Crippen LogP contribution is -1.98. The first-order valence-electron chi connectivity index (χ1n) is 5.95. The lowest BCUT2D eigenvalue weighted by atomic mass is 10.2. The minimum absolute atomic E-state index is 0.504. The molecule has 0 amide bonds. The number of aryl methyl sites for hydroxylation is 1. The number of rotatable bonds is 3. The van der Waals surface area contributed by atoms with Gasteiger partial charge >= 0.3 is 0 Å². The molecule has 0 saturated carbocycles. The van der Waals surface area contributed by atoms with Crippen molar-refractivity contribution in [2.45, 2.75) is 23.7 Å². The van der Waals surface area contributed by atoms with Crippen LogP contribution in [0, 0.1) is 6.92 Å². The highest BCUT2D eigenvalue weighted by Crippen LogP contribution is 2.29. The summed E-state index contributed by atoms with van der Waals surface area (Å²) < 4.78 is 5.67. The molecule has 2 aromatic heterocycles. The summed E-state index contributed by atoms with van der Waals surface area (Å²) in [5.74, 6) is 0. The van der Waals surface area contributed by atoms with Gasteiger partial charge in [0.05, 0.1) is 0 Å². The van der Waals surface area contributed by atoms with Crippen LogP contribution in [-0.4, -0.2) is 9.97 Å². The van der Waals surface area contributed by atoms with E-state index in [0.717, 1.165) is 27.4 Å². The van der Waals surface area contributed by atoms with E-state index in [0.29, 0.717) is 11.8 Å². The molecule has 0 aliphatic rings. The van der Waals surface area contributed by atoms with Crippen molar-refractivity contribution in [3.8, 4) is 0 Å². The molecule has 0 atom stereocenters. The third-order valence-corrected chi connectivity index (χ3v) is 3.46. The summed E-state index contributed by atoms with van der Waals surface area (Å²) in [5.41, 5.74) is 9.32. The number of benzene rings is 1. The lowest BCUT2D eigenvalue weighted by Gasteiger charge is -2.02. The van der Waals surface area contributed by atoms with Crippen LogP contribution in [0.25, 0.3) is 11.1 Å². The van der Waals surface area contributed by atoms with Gasteiger partial charge < -0.3 is 10.2 Å². The summed E-state index contributed by atoms with van der Waals surface area (Å²) in [7, 11) is 0. The first-order valence-corrected chi connectivity index (χ1v) is 6.77. The Bertz CT molecular complexity index is 691. The molecule has 19 heavy (non-hydrogen) atoms. The summed E-state index contributed by atoms with van der Waals surface area (Å²) in [6.07, 6.45) is 0. The zero-order valence-electron chi connectivity index (χ0n) is 10.5. The molecule has 4 nitrogen and oxygen atoms in total. The zero-order valence-corrected chi connectivity index (χ0v) is 11.3. The van der Waals surface area contributed by atoms with Gasteiger partial charge in [0.1, 0.15) is 10.5 Å². The number of oxazole rings is 1. The topological polar surface area (TPSA) is 64.9 Å². The molecule has 0 aliphatic carbocycles. The quantitative estimate of drug-likeness (QED) is 0.792. The van der Waals surface area contributed by atoms with Crippen molar-refractivity contribution >= 4 is 22.9 Å². The minimum atomic E-state index is 0.504. The molecule has 0 aliphatic heterocycles. The summed E-state index contributed by atoms with van der Waals surface area (Å²) in [6, 6.07) is 11.7. The van der Waals surface area contributed by atoms with Crippen molar-refractivity contribution in [1.82, 2.24) is 9.97 Å². The second kappa shape index (κ2) is 5.03. The molecule has 96 valence electrons. The van der Waals surface area contributed by atoms with Gasteiger partial charge in [-0.2, -0.15) is 0 Å². The minimum Gasteiger partial charge on any atom is -0.431 e. The Balaban J connectivity index is 1.94. The molecular formula is C14H13N3OS. The Labute approximate surface area is 115 Å². The predicted octanol–water partition coefficient (Wildman–Crippen LogP) is 3.14. The number of hydrogen-bond acceptors (Lipinski definition) is 5. The largest absolute Gasteiger partial charge is 0.431 e. The van der Waals surface area contributed by atoms with E-state index in [4.69, 9.17) is 10.2 Å². The average Bonchev–Trinajstić information content (AvgIpc) is 2.80. The van der Waals surface area contributed by atoms with Gasteiger partial charge in [-0.25, -0.2) is 9.97 Å². The van der Waals surface area contributed by atoms with E-state index in [9.17, 15) is 0 Å². The number of nitrogens with zero attached hydrogens (tertiary/aromatic N) is 2. The highest BCUT2D eigenvalue weighted by Gasteiger charge is 2.09. The summed E-state index contributed by atoms with van der Waals surface area (Å²) >= 11 is 1.41. The highest BCUT2D eigenvalue weighted by atomic mass is 32.2. The summed E-state index contributed by atoms with van der Waals surface area (Å²) in [4.78, 5) is 8.87. The molecule has 3 rings (SSSR count). The standard InChI is InChI=1S/C14H13N3OS/c1-9-6-10(8-15)7-13(16-9)19-14-17-11-4-2-3-5-12(11)18-14/h2-7H,8,15H2,1H3. The SMILES string of the molecule is Cc1cc(CN)cc(Sc2nc3ccccc3o2)n1. The molecular weight excluding hydrogens is 258 g/mol. The van der Waals surface area contributed by atoms with Gasteiger partial charge in [0.15, 0.2) is 5.58 Å². The predicted molar refractivity (Wildman–Crippen MR) is 75.0 cm³/mol. The second-order valence-corrected chi connectivity index (χ2v) is 5.18. The number of aromatic nitrogens is 2. The van der Waals surface area contributed by atoms with E-state index < -0.39 is 0 Å². The maximum atomic E-state index is 5.67. The fraction of sp³-hybridized carbons (Fsp3) is 0.143. The maximum Gasteiger partial charge on any atom is 0.263 e. The van der Waals surface area contributed by atoms with Gasteiger partial charge in [0.2, 0.25) is 0 Å². The van der Waals surface area contributed by atoms with Gasteiger partial charge in [0, 0.05) is 12.2 Å². The van der Waals surface area contributed by atoms with E-state index >= 15 is 0 Å². The normalized spacial score (nSPS) is 11.1. The van der Waals surface area contributed by atoms with Crippen LogP contribution in [0.5, 0.6) is 0 Å². The van der Waals surface area contributed by atoms with Crippen LogP contribution in [0.15, 0.2) is 51.1 Å². The first kappa shape index (κ1) is 12.2. The number of fused-ring (bicyclic) bond motifs is 1. The second-order valence-electron chi connectivity index (χ2n) is 4.21. The zero-order chi connectivity index (χ0) is 13.2. The van der Waals surface area contributed by atoms with Crippen molar-refractivity contribution in [3.63, 3.8) is 0 Å². The van der Waals surface area contributed by atoms with Crippen molar-refractivity contribution in [2.75, 3.05) is 0 Å². The van der Waals surface area contributed by atoms with Gasteiger partial charge in [-0.15, -0.1) is 0 Å². The highest BCUT2D eigenvalue weighted by molar-refractivity contribution is 7.99. The van der Waals surface area contributed by atoms with Crippen molar-refractivity contribution in [1.29, 1.82) is 0 Å². The molecule has 0 bridgehead atoms. The Morgan fingerprint density at radius 2 is 2.05 bits per heavy atom. The van der Waals surface area contributed by atoms with E-state index in [2.05, 4.69) is 9.97 Å². The van der Waals surface area contributed by atoms with E-state index in [1.54, 1.807) is 0 Å². The van der Waals surface area contributed by atoms with Crippen LogP contribution in [0.2, 0.25) is 0 Å². The van der Waals surface area contributed by atoms with Crippen LogP contribution in [0.4, 0.5) is 0 Å². The molecule has 0 unspecified atom stereocenters. The van der Waals surface area contributed by atoms with Crippen LogP contribution < -0.4 is 5.73 Å². The number of para-hydroxylation sites is 2. The van der Waals surface area contributed by atoms with E-state index in [1.165, 1.54) is 11.8 Å². The lowest BCUT2D eigenvalue weighted by molar-refractivity contribution is 0.489. The maximum absolute atomic E-state index is 5.67. The summed E-state index contributed by atoms with van der Waals surface area (Å²) in [5, 5.41) is 1.45. The van der Waals surface area contributed by atoms with Gasteiger partial charge in [-0.1, -0.05) is 12.1 Å². The average molecular weight is 271 g/mol. The fourth-order valence-corrected chi connectivity index (χ4v) is 2.72. The Morgan fingerprint density at radius 3 is 2.84 bits per heavy atom. The van der Waals surface area contributed by atoms with Crippen LogP contribution in [0.1, 0.15) is 11.3 Å². The molecule has 0 radical (unpaired) electrons. The first-order chi connectivity index (χ1) is 9.24. The Hall–Kier alpha value is -1.85. The Morgan fingerprint density at radius 1 is 1.21 bits per heavy atom. The van der Waals surface area contributed by atoms with Crippen LogP contribution in [0.3, 0.4) is 0 Å². The molecule has 0 saturated heterocycles. The van der Waals surface area contributed by atoms with Gasteiger partial charge in [-0.05, 0) is 48.5 Å². The third-order valence-electron chi connectivity index (χ3n) is 2.69. The smallest absolute Gasteiger partial charge is 0.263 e. The van der Waals surface area contributed by atoms with Crippen LogP contribution in [-0.2, 0) is 6.54 Å². The molecule has 3 aromatic rings. The summed E-state index contributed by atoms with van der Waals surface area (Å²) in [6.45, 7) is 2.46. The third kappa shape index (κ3) is 2.62. The van der Waals surface area contributed by atoms with Crippen molar-refractivity contribution in [2.24, 2.45) is 5.73 Å². The van der Waals surface area contributed by atoms with Gasteiger partial charge in [0.25, 0.3) is 5.22 Å². The molecule has 2 heterocycles. The molecule has 5 heteroatoms. The Kier molecular flexibility index (Phi) is 3.23. The van der Waals surface area contributed by atoms with Crippen molar-refractivity contribution in [3.05, 3.63) is 47.7 Å². The fourth-order valence-electron chi connectivity index (χ4n) is 1.86. The number of pyridine rings is 1. The van der Waals surface area contributed by atoms with Gasteiger partial charge in [-0.3, -0.25) is 0 Å². The van der Waals surface area contributed by atoms with Crippen molar-refractivity contribution < 1.29 is 4.42 Å². The molecule has 2 N–H and O–H groups in total. The van der Waals surface area contributed by atoms with Crippen LogP contribution >= 0.6 is 11.8 Å². The van der Waals surface area contributed by atoms with E-state index in [-0.39, 0.29) is 0 Å². The number of hydrogen-bond donors (Lipinski definition) is 1.